The molecule has 0 bridgehead atoms. The normalized spacial score (nSPS) is 15.8. The number of rotatable bonds is 1. The summed E-state index contributed by atoms with van der Waals surface area (Å²) in [6, 6.07) is 10.3. The topological polar surface area (TPSA) is 12.4 Å². The third-order valence-corrected chi connectivity index (χ3v) is 1.99. The molecule has 0 fully saturated rings. The fourth-order valence-electron chi connectivity index (χ4n) is 1.35. The first kappa shape index (κ1) is 7.29. The first-order valence-electron chi connectivity index (χ1n) is 4.14. The van der Waals surface area contributed by atoms with E-state index in [-0.39, 0.29) is 0 Å². The molecule has 12 heavy (non-hydrogen) atoms. The van der Waals surface area contributed by atoms with Crippen LogP contribution >= 0.6 is 0 Å². The smallest absolute Gasteiger partial charge is 0.0516 e. The molecule has 0 atom stereocenters. The van der Waals surface area contributed by atoms with Gasteiger partial charge in [0, 0.05) is 12.6 Å². The minimum absolute atomic E-state index is 1.00. The Morgan fingerprint density at radius 3 is 2.50 bits per heavy atom. The summed E-state index contributed by atoms with van der Waals surface area (Å²) in [5, 5.41) is 0. The van der Waals surface area contributed by atoms with Gasteiger partial charge in [0.15, 0.2) is 0 Å². The quantitative estimate of drug-likeness (QED) is 0.594. The minimum atomic E-state index is 1.00. The maximum atomic E-state index is 4.34. The number of benzene rings is 1. The molecule has 0 aliphatic carbocycles. The third kappa shape index (κ3) is 1.30. The lowest BCUT2D eigenvalue weighted by molar-refractivity contribution is 1.30. The van der Waals surface area contributed by atoms with Crippen molar-refractivity contribution in [3.05, 3.63) is 47.7 Å². The van der Waals surface area contributed by atoms with E-state index in [9.17, 15) is 0 Å². The number of allylic oxidation sites excluding steroid dienone is 1. The van der Waals surface area contributed by atoms with Gasteiger partial charge in [-0.15, -0.1) is 0 Å². The Morgan fingerprint density at radius 1 is 1.17 bits per heavy atom. The third-order valence-electron chi connectivity index (χ3n) is 1.99. The molecule has 0 aromatic heterocycles. The second kappa shape index (κ2) is 2.94. The number of hydrogen-bond acceptors (Lipinski definition) is 1. The van der Waals surface area contributed by atoms with Crippen LogP contribution in [0, 0.1) is 0 Å². The van der Waals surface area contributed by atoms with Crippen LogP contribution in [0.4, 0.5) is 0 Å². The predicted molar refractivity (Wildman–Crippen MR) is 51.4 cm³/mol. The van der Waals surface area contributed by atoms with Crippen molar-refractivity contribution in [1.29, 1.82) is 0 Å². The lowest BCUT2D eigenvalue weighted by Gasteiger charge is -1.99. The van der Waals surface area contributed by atoms with Crippen LogP contribution in [0.5, 0.6) is 0 Å². The highest BCUT2D eigenvalue weighted by Crippen LogP contribution is 2.15. The summed E-state index contributed by atoms with van der Waals surface area (Å²) in [7, 11) is 0. The van der Waals surface area contributed by atoms with Crippen molar-refractivity contribution in [2.75, 3.05) is 0 Å². The highest BCUT2D eigenvalue weighted by Gasteiger charge is 2.07. The zero-order chi connectivity index (χ0) is 8.39. The van der Waals surface area contributed by atoms with Crippen LogP contribution in [0.3, 0.4) is 0 Å². The number of nitrogens with zero attached hydrogens (tertiary/aromatic N) is 1. The van der Waals surface area contributed by atoms with E-state index in [1.54, 1.807) is 0 Å². The van der Waals surface area contributed by atoms with E-state index in [1.807, 2.05) is 24.4 Å². The van der Waals surface area contributed by atoms with Crippen molar-refractivity contribution in [2.45, 2.75) is 13.3 Å². The van der Waals surface area contributed by atoms with Gasteiger partial charge in [0.25, 0.3) is 0 Å². The monoisotopic (exact) mass is 157 g/mol. The van der Waals surface area contributed by atoms with Crippen LogP contribution in [-0.4, -0.2) is 5.71 Å². The van der Waals surface area contributed by atoms with E-state index in [0.717, 1.165) is 6.42 Å². The molecule has 1 aliphatic heterocycles. The molecule has 60 valence electrons. The average Bonchev–Trinajstić information content (AvgIpc) is 2.54. The summed E-state index contributed by atoms with van der Waals surface area (Å²) in [6.07, 6.45) is 2.95. The lowest BCUT2D eigenvalue weighted by atomic mass is 10.1. The second-order valence-corrected chi connectivity index (χ2v) is 3.09. The maximum Gasteiger partial charge on any atom is 0.0516 e. The van der Waals surface area contributed by atoms with E-state index in [4.69, 9.17) is 0 Å². The van der Waals surface area contributed by atoms with Crippen LogP contribution in [-0.2, 0) is 0 Å². The summed E-state index contributed by atoms with van der Waals surface area (Å²) in [5.74, 6) is 0. The first-order chi connectivity index (χ1) is 5.86. The Balaban J connectivity index is 2.25. The van der Waals surface area contributed by atoms with Crippen molar-refractivity contribution in [1.82, 2.24) is 0 Å². The molecule has 1 aliphatic rings. The molecule has 1 heterocycles. The van der Waals surface area contributed by atoms with E-state index in [1.165, 1.54) is 16.8 Å². The predicted octanol–water partition coefficient (Wildman–Crippen LogP) is 2.78. The van der Waals surface area contributed by atoms with Crippen LogP contribution in [0.25, 0.3) is 0 Å². The molecular formula is C11H11N. The average molecular weight is 157 g/mol. The molecule has 1 heteroatoms. The van der Waals surface area contributed by atoms with Crippen LogP contribution in [0.1, 0.15) is 18.9 Å². The Bertz CT molecular complexity index is 333. The second-order valence-electron chi connectivity index (χ2n) is 3.09. The van der Waals surface area contributed by atoms with Crippen molar-refractivity contribution >= 4 is 5.71 Å². The van der Waals surface area contributed by atoms with Gasteiger partial charge in [0.05, 0.1) is 5.71 Å². The zero-order valence-electron chi connectivity index (χ0n) is 7.12. The van der Waals surface area contributed by atoms with Gasteiger partial charge in [-0.3, -0.25) is 4.99 Å². The van der Waals surface area contributed by atoms with Gasteiger partial charge < -0.3 is 0 Å². The Morgan fingerprint density at radius 2 is 1.92 bits per heavy atom. The summed E-state index contributed by atoms with van der Waals surface area (Å²) in [5.41, 5.74) is 3.77. The van der Waals surface area contributed by atoms with Gasteiger partial charge in [-0.05, 0) is 18.1 Å². The summed E-state index contributed by atoms with van der Waals surface area (Å²) in [6.45, 7) is 2.11. The largest absolute Gasteiger partial charge is 0.260 e. The molecule has 1 aromatic rings. The molecule has 0 saturated heterocycles. The summed E-state index contributed by atoms with van der Waals surface area (Å²) in [4.78, 5) is 4.34. The van der Waals surface area contributed by atoms with Gasteiger partial charge in [0.1, 0.15) is 0 Å². The number of hydrogen-bond donors (Lipinski definition) is 0. The van der Waals surface area contributed by atoms with E-state index in [2.05, 4.69) is 24.0 Å². The van der Waals surface area contributed by atoms with E-state index in [0.29, 0.717) is 0 Å². The van der Waals surface area contributed by atoms with Crippen molar-refractivity contribution in [3.8, 4) is 0 Å². The lowest BCUT2D eigenvalue weighted by Crippen LogP contribution is -1.96. The van der Waals surface area contributed by atoms with Crippen LogP contribution in [0.2, 0.25) is 0 Å². The van der Waals surface area contributed by atoms with Gasteiger partial charge in [0.2, 0.25) is 0 Å². The van der Waals surface area contributed by atoms with E-state index >= 15 is 0 Å². The fourth-order valence-corrected chi connectivity index (χ4v) is 1.35. The number of aliphatic imine (C=N–C) groups is 1. The molecule has 0 radical (unpaired) electrons. The van der Waals surface area contributed by atoms with Crippen molar-refractivity contribution in [3.63, 3.8) is 0 Å². The van der Waals surface area contributed by atoms with Gasteiger partial charge in [-0.25, -0.2) is 0 Å². The highest BCUT2D eigenvalue weighted by molar-refractivity contribution is 6.03. The molecule has 0 spiro atoms. The fraction of sp³-hybridized carbons (Fsp3) is 0.182. The SMILES string of the molecule is CC1=CN=C(c2ccccc2)C1. The van der Waals surface area contributed by atoms with E-state index < -0.39 is 0 Å². The van der Waals surface area contributed by atoms with Crippen molar-refractivity contribution in [2.24, 2.45) is 4.99 Å². The minimum Gasteiger partial charge on any atom is -0.260 e. The molecule has 1 nitrogen and oxygen atoms in total. The first-order valence-corrected chi connectivity index (χ1v) is 4.14. The van der Waals surface area contributed by atoms with Gasteiger partial charge in [-0.1, -0.05) is 30.3 Å². The standard InChI is InChI=1S/C11H11N/c1-9-7-11(12-8-9)10-5-3-2-4-6-10/h2-6,8H,7H2,1H3. The molecule has 0 N–H and O–H groups in total. The molecular weight excluding hydrogens is 146 g/mol. The molecule has 2 rings (SSSR count). The molecule has 1 aromatic carbocycles. The zero-order valence-corrected chi connectivity index (χ0v) is 7.12. The van der Waals surface area contributed by atoms with Gasteiger partial charge in [-0.2, -0.15) is 0 Å². The van der Waals surface area contributed by atoms with Crippen LogP contribution in [0.15, 0.2) is 47.1 Å². The molecule has 0 saturated carbocycles. The van der Waals surface area contributed by atoms with Crippen LogP contribution < -0.4 is 0 Å². The Hall–Kier alpha value is -1.37. The maximum absolute atomic E-state index is 4.34. The highest BCUT2D eigenvalue weighted by atomic mass is 14.7. The Labute approximate surface area is 72.5 Å². The molecule has 0 unspecified atom stereocenters. The summed E-state index contributed by atoms with van der Waals surface area (Å²) >= 11 is 0. The van der Waals surface area contributed by atoms with Gasteiger partial charge >= 0.3 is 0 Å². The van der Waals surface area contributed by atoms with Crippen molar-refractivity contribution < 1.29 is 0 Å². The molecule has 0 amide bonds. The summed E-state index contributed by atoms with van der Waals surface area (Å²) < 4.78 is 0. The Kier molecular flexibility index (Phi) is 1.78.